The molecule has 2 fully saturated rings. The molecule has 0 spiro atoms. The van der Waals surface area contributed by atoms with E-state index in [2.05, 4.69) is 30.8 Å². The third-order valence-electron chi connectivity index (χ3n) is 5.20. The first-order chi connectivity index (χ1) is 9.05. The Balaban J connectivity index is 1.91. The predicted octanol–water partition coefficient (Wildman–Crippen LogP) is 1.16. The van der Waals surface area contributed by atoms with Gasteiger partial charge in [0.15, 0.2) is 0 Å². The Morgan fingerprint density at radius 2 is 2.05 bits per heavy atom. The summed E-state index contributed by atoms with van der Waals surface area (Å²) in [5, 5.41) is 0. The molecule has 112 valence electrons. The summed E-state index contributed by atoms with van der Waals surface area (Å²) in [4.78, 5) is 4.98. The molecule has 2 atom stereocenters. The number of likely N-dealkylation sites (N-methyl/N-ethyl adjacent to an activating group) is 1. The number of hydrogen-bond donors (Lipinski definition) is 1. The van der Waals surface area contributed by atoms with Gasteiger partial charge in [0, 0.05) is 25.2 Å². The Hall–Kier alpha value is -0.160. The molecule has 0 bridgehead atoms. The molecular weight excluding hydrogens is 238 g/mol. The van der Waals surface area contributed by atoms with Crippen molar-refractivity contribution in [3.63, 3.8) is 0 Å². The number of nitrogens with two attached hydrogens (primary N) is 1. The van der Waals surface area contributed by atoms with Crippen molar-refractivity contribution in [2.75, 3.05) is 46.9 Å². The average molecular weight is 269 g/mol. The second-order valence-electron chi connectivity index (χ2n) is 6.69. The molecule has 0 saturated carbocycles. The minimum Gasteiger partial charge on any atom is -0.378 e. The van der Waals surface area contributed by atoms with E-state index in [9.17, 15) is 0 Å². The fraction of sp³-hybridized carbons (Fsp3) is 1.00. The van der Waals surface area contributed by atoms with Crippen LogP contribution >= 0.6 is 0 Å². The first kappa shape index (κ1) is 15.2. The van der Waals surface area contributed by atoms with Crippen LogP contribution in [0.15, 0.2) is 0 Å². The van der Waals surface area contributed by atoms with E-state index < -0.39 is 0 Å². The highest BCUT2D eigenvalue weighted by Gasteiger charge is 2.38. The Bertz CT molecular complexity index is 279. The van der Waals surface area contributed by atoms with E-state index in [0.29, 0.717) is 6.10 Å². The van der Waals surface area contributed by atoms with Gasteiger partial charge in [-0.2, -0.15) is 0 Å². The zero-order valence-corrected chi connectivity index (χ0v) is 12.9. The van der Waals surface area contributed by atoms with Crippen molar-refractivity contribution in [2.24, 2.45) is 11.7 Å². The molecule has 19 heavy (non-hydrogen) atoms. The fourth-order valence-corrected chi connectivity index (χ4v) is 3.66. The van der Waals surface area contributed by atoms with Gasteiger partial charge in [-0.3, -0.25) is 4.90 Å². The van der Waals surface area contributed by atoms with Crippen molar-refractivity contribution >= 4 is 0 Å². The summed E-state index contributed by atoms with van der Waals surface area (Å²) in [7, 11) is 4.49. The molecule has 2 aliphatic rings. The minimum absolute atomic E-state index is 0.168. The van der Waals surface area contributed by atoms with E-state index in [-0.39, 0.29) is 5.54 Å². The summed E-state index contributed by atoms with van der Waals surface area (Å²) < 4.78 is 5.70. The number of ether oxygens (including phenoxy) is 1. The van der Waals surface area contributed by atoms with Crippen LogP contribution in [0.2, 0.25) is 0 Å². The summed E-state index contributed by atoms with van der Waals surface area (Å²) in [5.41, 5.74) is 6.29. The SMILES string of the molecule is CC1CC(CN)(N(C)CC2CCN(C)CC2)CCO1. The minimum atomic E-state index is 0.168. The first-order valence-electron chi connectivity index (χ1n) is 7.77. The van der Waals surface area contributed by atoms with Crippen LogP contribution in [0.1, 0.15) is 32.6 Å². The number of nitrogens with zero attached hydrogens (tertiary/aromatic N) is 2. The van der Waals surface area contributed by atoms with E-state index in [4.69, 9.17) is 10.5 Å². The summed E-state index contributed by atoms with van der Waals surface area (Å²) in [6.07, 6.45) is 5.15. The maximum Gasteiger partial charge on any atom is 0.0565 e. The molecule has 2 saturated heterocycles. The van der Waals surface area contributed by atoms with Gasteiger partial charge in [0.25, 0.3) is 0 Å². The molecule has 0 aromatic heterocycles. The summed E-state index contributed by atoms with van der Waals surface area (Å²) in [6, 6.07) is 0. The predicted molar refractivity (Wildman–Crippen MR) is 79.3 cm³/mol. The van der Waals surface area contributed by atoms with Gasteiger partial charge in [-0.25, -0.2) is 0 Å². The third kappa shape index (κ3) is 3.69. The van der Waals surface area contributed by atoms with Crippen molar-refractivity contribution in [3.8, 4) is 0 Å². The standard InChI is InChI=1S/C15H31N3O/c1-13-10-15(12-16,6-9-19-13)18(3)11-14-4-7-17(2)8-5-14/h13-14H,4-12,16H2,1-3H3. The quantitative estimate of drug-likeness (QED) is 0.831. The lowest BCUT2D eigenvalue weighted by Gasteiger charge is -2.47. The molecule has 0 aromatic rings. The van der Waals surface area contributed by atoms with Gasteiger partial charge >= 0.3 is 0 Å². The van der Waals surface area contributed by atoms with Gasteiger partial charge in [0.05, 0.1) is 6.10 Å². The zero-order valence-electron chi connectivity index (χ0n) is 12.9. The molecule has 0 radical (unpaired) electrons. The molecule has 2 rings (SSSR count). The topological polar surface area (TPSA) is 41.7 Å². The molecule has 2 aliphatic heterocycles. The number of likely N-dealkylation sites (tertiary alicyclic amines) is 1. The molecule has 0 amide bonds. The monoisotopic (exact) mass is 269 g/mol. The van der Waals surface area contributed by atoms with Gasteiger partial charge in [-0.1, -0.05) is 0 Å². The fourth-order valence-electron chi connectivity index (χ4n) is 3.66. The molecule has 0 aromatic carbocycles. The smallest absolute Gasteiger partial charge is 0.0565 e. The normalized spacial score (nSPS) is 34.9. The highest BCUT2D eigenvalue weighted by molar-refractivity contribution is 4.95. The summed E-state index contributed by atoms with van der Waals surface area (Å²) in [5.74, 6) is 0.836. The van der Waals surface area contributed by atoms with Crippen LogP contribution in [-0.4, -0.2) is 68.3 Å². The molecule has 0 aliphatic carbocycles. The molecule has 2 N–H and O–H groups in total. The second-order valence-corrected chi connectivity index (χ2v) is 6.69. The number of piperidine rings is 1. The van der Waals surface area contributed by atoms with Gasteiger partial charge in [-0.05, 0) is 65.7 Å². The van der Waals surface area contributed by atoms with E-state index >= 15 is 0 Å². The van der Waals surface area contributed by atoms with Gasteiger partial charge in [-0.15, -0.1) is 0 Å². The Labute approximate surface area is 118 Å². The number of rotatable bonds is 4. The van der Waals surface area contributed by atoms with Gasteiger partial charge in [0.1, 0.15) is 0 Å². The van der Waals surface area contributed by atoms with Crippen molar-refractivity contribution in [3.05, 3.63) is 0 Å². The van der Waals surface area contributed by atoms with Crippen molar-refractivity contribution in [2.45, 2.75) is 44.2 Å². The Kier molecular flexibility index (Phi) is 5.23. The number of hydrogen-bond acceptors (Lipinski definition) is 4. The summed E-state index contributed by atoms with van der Waals surface area (Å²) >= 11 is 0. The highest BCUT2D eigenvalue weighted by Crippen LogP contribution is 2.31. The lowest BCUT2D eigenvalue weighted by molar-refractivity contribution is -0.0610. The van der Waals surface area contributed by atoms with Gasteiger partial charge in [0.2, 0.25) is 0 Å². The average Bonchev–Trinajstić information content (AvgIpc) is 2.41. The zero-order chi connectivity index (χ0) is 13.9. The third-order valence-corrected chi connectivity index (χ3v) is 5.20. The molecule has 2 heterocycles. The maximum absolute atomic E-state index is 6.12. The Morgan fingerprint density at radius 3 is 2.63 bits per heavy atom. The highest BCUT2D eigenvalue weighted by atomic mass is 16.5. The van der Waals surface area contributed by atoms with Gasteiger partial charge < -0.3 is 15.4 Å². The van der Waals surface area contributed by atoms with Crippen LogP contribution < -0.4 is 5.73 Å². The molecule has 2 unspecified atom stereocenters. The van der Waals surface area contributed by atoms with E-state index in [1.807, 2.05) is 0 Å². The first-order valence-corrected chi connectivity index (χ1v) is 7.77. The largest absolute Gasteiger partial charge is 0.378 e. The van der Waals surface area contributed by atoms with E-state index in [0.717, 1.165) is 31.9 Å². The lowest BCUT2D eigenvalue weighted by Crippen LogP contribution is -2.58. The maximum atomic E-state index is 6.12. The van der Waals surface area contributed by atoms with Crippen LogP contribution in [0, 0.1) is 5.92 Å². The molecule has 4 nitrogen and oxygen atoms in total. The van der Waals surface area contributed by atoms with Crippen LogP contribution in [0.4, 0.5) is 0 Å². The van der Waals surface area contributed by atoms with Crippen molar-refractivity contribution in [1.82, 2.24) is 9.80 Å². The van der Waals surface area contributed by atoms with Crippen molar-refractivity contribution in [1.29, 1.82) is 0 Å². The Morgan fingerprint density at radius 1 is 1.37 bits per heavy atom. The van der Waals surface area contributed by atoms with Crippen LogP contribution in [0.3, 0.4) is 0 Å². The van der Waals surface area contributed by atoms with Crippen molar-refractivity contribution < 1.29 is 4.74 Å². The molecular formula is C15H31N3O. The van der Waals surface area contributed by atoms with Crippen LogP contribution in [0.5, 0.6) is 0 Å². The van der Waals surface area contributed by atoms with Crippen LogP contribution in [0.25, 0.3) is 0 Å². The van der Waals surface area contributed by atoms with E-state index in [1.165, 1.54) is 32.5 Å². The lowest BCUT2D eigenvalue weighted by atomic mass is 9.84. The van der Waals surface area contributed by atoms with E-state index in [1.54, 1.807) is 0 Å². The molecule has 4 heteroatoms. The second kappa shape index (κ2) is 6.53. The summed E-state index contributed by atoms with van der Waals surface area (Å²) in [6.45, 7) is 7.46. The van der Waals surface area contributed by atoms with Crippen LogP contribution in [-0.2, 0) is 4.74 Å².